The van der Waals surface area contributed by atoms with Crippen LogP contribution < -0.4 is 14.8 Å². The first-order valence-corrected chi connectivity index (χ1v) is 11.0. The summed E-state index contributed by atoms with van der Waals surface area (Å²) in [5.41, 5.74) is -0.190. The summed E-state index contributed by atoms with van der Waals surface area (Å²) in [6, 6.07) is 19.0. The number of nitrogens with one attached hydrogen (secondary N) is 2. The van der Waals surface area contributed by atoms with Crippen LogP contribution in [0, 0.1) is 0 Å². The zero-order valence-corrected chi connectivity index (χ0v) is 18.2. The van der Waals surface area contributed by atoms with E-state index in [1.807, 2.05) is 0 Å². The minimum absolute atomic E-state index is 0.0559. The third-order valence-electron chi connectivity index (χ3n) is 4.55. The molecular formula is C23H23FN2O4S. The van der Waals surface area contributed by atoms with Gasteiger partial charge in [-0.25, -0.2) is 12.8 Å². The fraction of sp³-hybridized carbons (Fsp3) is 0.174. The minimum atomic E-state index is -4.03. The van der Waals surface area contributed by atoms with Gasteiger partial charge in [-0.15, -0.1) is 0 Å². The molecule has 0 heterocycles. The number of carbonyl (C=O) groups is 1. The largest absolute Gasteiger partial charge is 0.495 e. The summed E-state index contributed by atoms with van der Waals surface area (Å²) in [4.78, 5) is 12.2. The van der Waals surface area contributed by atoms with Crippen LogP contribution in [0.15, 0.2) is 77.7 Å². The molecule has 0 aliphatic rings. The van der Waals surface area contributed by atoms with Crippen LogP contribution in [0.3, 0.4) is 0 Å². The minimum Gasteiger partial charge on any atom is -0.495 e. The van der Waals surface area contributed by atoms with Crippen LogP contribution in [0.4, 0.5) is 15.8 Å². The standard InChI is InChI=1S/C23H23FN2O4S/c1-23(2,24)17-10-7-11-19(14-17)26-31(28,29)21-13-12-18(15-20(21)30-3)25-22(27)16-8-5-4-6-9-16/h4-15,26H,1-3H3,(H,25,27). The quantitative estimate of drug-likeness (QED) is 0.542. The van der Waals surface area contributed by atoms with Crippen molar-refractivity contribution in [2.24, 2.45) is 0 Å². The van der Waals surface area contributed by atoms with E-state index >= 15 is 0 Å². The highest BCUT2D eigenvalue weighted by molar-refractivity contribution is 7.92. The number of alkyl halides is 1. The average molecular weight is 443 g/mol. The first-order valence-electron chi connectivity index (χ1n) is 9.47. The Morgan fingerprint density at radius 1 is 0.935 bits per heavy atom. The van der Waals surface area contributed by atoms with Gasteiger partial charge in [-0.2, -0.15) is 0 Å². The second kappa shape index (κ2) is 8.77. The smallest absolute Gasteiger partial charge is 0.265 e. The third kappa shape index (κ3) is 5.40. The molecule has 0 aliphatic heterocycles. The Hall–Kier alpha value is -3.39. The van der Waals surface area contributed by atoms with E-state index in [1.54, 1.807) is 42.5 Å². The molecule has 3 aromatic rings. The summed E-state index contributed by atoms with van der Waals surface area (Å²) in [6.07, 6.45) is 0. The summed E-state index contributed by atoms with van der Waals surface area (Å²) in [5, 5.41) is 2.71. The summed E-state index contributed by atoms with van der Waals surface area (Å²) in [7, 11) is -2.69. The van der Waals surface area contributed by atoms with E-state index in [0.29, 0.717) is 16.8 Å². The molecule has 31 heavy (non-hydrogen) atoms. The first-order chi connectivity index (χ1) is 14.6. The lowest BCUT2D eigenvalue weighted by Crippen LogP contribution is -2.16. The molecule has 0 saturated heterocycles. The number of hydrogen-bond acceptors (Lipinski definition) is 4. The number of amides is 1. The van der Waals surface area contributed by atoms with Gasteiger partial charge < -0.3 is 10.1 Å². The highest BCUT2D eigenvalue weighted by atomic mass is 32.2. The van der Waals surface area contributed by atoms with E-state index in [-0.39, 0.29) is 22.2 Å². The first kappa shape index (κ1) is 22.3. The van der Waals surface area contributed by atoms with E-state index in [4.69, 9.17) is 4.74 Å². The Labute approximate surface area is 181 Å². The normalized spacial score (nSPS) is 11.6. The number of carbonyl (C=O) groups excluding carboxylic acids is 1. The lowest BCUT2D eigenvalue weighted by Gasteiger charge is -2.17. The van der Waals surface area contributed by atoms with E-state index < -0.39 is 15.7 Å². The molecule has 0 unspecified atom stereocenters. The SMILES string of the molecule is COc1cc(NC(=O)c2ccccc2)ccc1S(=O)(=O)Nc1cccc(C(C)(C)F)c1. The lowest BCUT2D eigenvalue weighted by molar-refractivity contribution is 0.102. The van der Waals surface area contributed by atoms with Gasteiger partial charge in [0.1, 0.15) is 16.3 Å². The van der Waals surface area contributed by atoms with Crippen molar-refractivity contribution in [3.8, 4) is 5.75 Å². The molecule has 3 aromatic carbocycles. The van der Waals surface area contributed by atoms with Gasteiger partial charge in [0.05, 0.1) is 7.11 Å². The zero-order chi connectivity index (χ0) is 22.6. The van der Waals surface area contributed by atoms with Crippen molar-refractivity contribution in [3.05, 3.63) is 83.9 Å². The highest BCUT2D eigenvalue weighted by Gasteiger charge is 2.23. The summed E-state index contributed by atoms with van der Waals surface area (Å²) < 4.78 is 47.8. The van der Waals surface area contributed by atoms with Crippen molar-refractivity contribution < 1.29 is 22.3 Å². The maximum absolute atomic E-state index is 14.2. The molecular weight excluding hydrogens is 419 g/mol. The van der Waals surface area contributed by atoms with E-state index in [1.165, 1.54) is 51.3 Å². The molecule has 0 atom stereocenters. The molecule has 0 spiro atoms. The van der Waals surface area contributed by atoms with Crippen LogP contribution in [-0.4, -0.2) is 21.4 Å². The molecule has 0 aromatic heterocycles. The Balaban J connectivity index is 1.86. The molecule has 0 fully saturated rings. The highest BCUT2D eigenvalue weighted by Crippen LogP contribution is 2.31. The van der Waals surface area contributed by atoms with Crippen LogP contribution in [0.2, 0.25) is 0 Å². The Morgan fingerprint density at radius 3 is 2.29 bits per heavy atom. The van der Waals surface area contributed by atoms with E-state index in [2.05, 4.69) is 10.0 Å². The van der Waals surface area contributed by atoms with Gasteiger partial charge in [0.15, 0.2) is 0 Å². The van der Waals surface area contributed by atoms with Gasteiger partial charge in [-0.3, -0.25) is 9.52 Å². The molecule has 0 radical (unpaired) electrons. The van der Waals surface area contributed by atoms with E-state index in [9.17, 15) is 17.6 Å². The molecule has 162 valence electrons. The van der Waals surface area contributed by atoms with Gasteiger partial charge in [-0.05, 0) is 55.8 Å². The number of halogens is 1. The van der Waals surface area contributed by atoms with Gasteiger partial charge in [0, 0.05) is 23.0 Å². The maximum Gasteiger partial charge on any atom is 0.265 e. The molecule has 0 aliphatic carbocycles. The van der Waals surface area contributed by atoms with Gasteiger partial charge in [0.25, 0.3) is 15.9 Å². The predicted molar refractivity (Wildman–Crippen MR) is 119 cm³/mol. The summed E-state index contributed by atoms with van der Waals surface area (Å²) >= 11 is 0. The number of benzene rings is 3. The predicted octanol–water partition coefficient (Wildman–Crippen LogP) is 4.95. The fourth-order valence-corrected chi connectivity index (χ4v) is 4.12. The van der Waals surface area contributed by atoms with Gasteiger partial charge in [-0.1, -0.05) is 30.3 Å². The Bertz CT molecular complexity index is 1190. The number of sulfonamides is 1. The number of hydrogen-bond donors (Lipinski definition) is 2. The second-order valence-corrected chi connectivity index (χ2v) is 9.00. The molecule has 0 saturated carbocycles. The van der Waals surface area contributed by atoms with Crippen molar-refractivity contribution in [1.82, 2.24) is 0 Å². The number of rotatable bonds is 7. The van der Waals surface area contributed by atoms with Crippen molar-refractivity contribution >= 4 is 27.3 Å². The molecule has 6 nitrogen and oxygen atoms in total. The van der Waals surface area contributed by atoms with Crippen LogP contribution in [0.25, 0.3) is 0 Å². The summed E-state index contributed by atoms with van der Waals surface area (Å²) in [5.74, 6) is -0.276. The topological polar surface area (TPSA) is 84.5 Å². The number of ether oxygens (including phenoxy) is 1. The maximum atomic E-state index is 14.2. The second-order valence-electron chi connectivity index (χ2n) is 7.34. The van der Waals surface area contributed by atoms with Crippen LogP contribution in [0.5, 0.6) is 5.75 Å². The van der Waals surface area contributed by atoms with Gasteiger partial charge in [0.2, 0.25) is 0 Å². The molecule has 8 heteroatoms. The lowest BCUT2D eigenvalue weighted by atomic mass is 10.00. The monoisotopic (exact) mass is 442 g/mol. The van der Waals surface area contributed by atoms with Crippen LogP contribution in [0.1, 0.15) is 29.8 Å². The third-order valence-corrected chi connectivity index (χ3v) is 5.97. The van der Waals surface area contributed by atoms with Crippen molar-refractivity contribution in [2.75, 3.05) is 17.1 Å². The van der Waals surface area contributed by atoms with E-state index in [0.717, 1.165) is 0 Å². The number of methoxy groups -OCH3 is 1. The van der Waals surface area contributed by atoms with Crippen LogP contribution in [-0.2, 0) is 15.7 Å². The molecule has 3 rings (SSSR count). The molecule has 0 bridgehead atoms. The van der Waals surface area contributed by atoms with Crippen molar-refractivity contribution in [1.29, 1.82) is 0 Å². The Morgan fingerprint density at radius 2 is 1.65 bits per heavy atom. The zero-order valence-electron chi connectivity index (χ0n) is 17.3. The summed E-state index contributed by atoms with van der Waals surface area (Å²) in [6.45, 7) is 2.79. The van der Waals surface area contributed by atoms with Crippen molar-refractivity contribution in [3.63, 3.8) is 0 Å². The Kier molecular flexibility index (Phi) is 6.31. The fourth-order valence-electron chi connectivity index (χ4n) is 2.92. The molecule has 1 amide bonds. The average Bonchev–Trinajstić information content (AvgIpc) is 2.73. The van der Waals surface area contributed by atoms with Crippen LogP contribution >= 0.6 is 0 Å². The van der Waals surface area contributed by atoms with Gasteiger partial charge >= 0.3 is 0 Å². The molecule has 2 N–H and O–H groups in total. The number of anilines is 2. The van der Waals surface area contributed by atoms with Crippen molar-refractivity contribution in [2.45, 2.75) is 24.4 Å².